The maximum absolute atomic E-state index is 14.5. The van der Waals surface area contributed by atoms with Crippen LogP contribution < -0.4 is 15.6 Å². The molecule has 5 aromatic rings. The van der Waals surface area contributed by atoms with Crippen LogP contribution in [0.5, 0.6) is 0 Å². The molecule has 194 valence electrons. The number of carbonyl (C=O) groups excluding carboxylic acids is 1. The van der Waals surface area contributed by atoms with Gasteiger partial charge in [-0.05, 0) is 39.5 Å². The van der Waals surface area contributed by atoms with Crippen molar-refractivity contribution >= 4 is 29.5 Å². The summed E-state index contributed by atoms with van der Waals surface area (Å²) in [6.45, 7) is 1.41. The van der Waals surface area contributed by atoms with E-state index < -0.39 is 8.07 Å². The molecular weight excluding hydrogens is 490 g/mol. The smallest absolute Gasteiger partial charge is 0.220 e. The van der Waals surface area contributed by atoms with Crippen molar-refractivity contribution < 1.29 is 4.79 Å². The number of nitrogens with zero attached hydrogens (tertiary/aromatic N) is 1. The predicted molar refractivity (Wildman–Crippen MR) is 166 cm³/mol. The van der Waals surface area contributed by atoms with Gasteiger partial charge in [0.05, 0.1) is 0 Å². The summed E-state index contributed by atoms with van der Waals surface area (Å²) < 4.78 is 0. The summed E-state index contributed by atoms with van der Waals surface area (Å²) in [6, 6.07) is 53.6. The summed E-state index contributed by atoms with van der Waals surface area (Å²) >= 11 is 0. The molecule has 39 heavy (non-hydrogen) atoms. The van der Waals surface area contributed by atoms with Crippen molar-refractivity contribution in [2.45, 2.75) is 18.9 Å². The number of amides is 1. The molecule has 0 radical (unpaired) electrons. The van der Waals surface area contributed by atoms with E-state index >= 15 is 0 Å². The van der Waals surface area contributed by atoms with Crippen LogP contribution in [0.1, 0.15) is 11.1 Å². The summed E-state index contributed by atoms with van der Waals surface area (Å²) in [5, 5.41) is 3.80. The van der Waals surface area contributed by atoms with E-state index in [-0.39, 0.29) is 5.91 Å². The van der Waals surface area contributed by atoms with Gasteiger partial charge < -0.3 is 4.90 Å². The SMILES string of the molecule is O=C(C[Si](c1ccccc1)(c1ccccc1)c1ccccc1)N(CCc1ccccc1)CCc1ccccc1. The molecule has 0 saturated heterocycles. The van der Waals surface area contributed by atoms with Gasteiger partial charge in [-0.15, -0.1) is 0 Å². The third-order valence-corrected chi connectivity index (χ3v) is 12.4. The molecule has 0 bridgehead atoms. The van der Waals surface area contributed by atoms with E-state index in [0.717, 1.165) is 12.8 Å². The molecule has 0 N–H and O–H groups in total. The standard InChI is InChI=1S/C36H35NOSi/c38-36(37(28-26-31-16-6-1-7-17-31)29-27-32-18-8-2-9-19-32)30-39(33-20-10-3-11-21-33,34-22-12-4-13-23-34)35-24-14-5-15-25-35/h1-25H,26-30H2. The summed E-state index contributed by atoms with van der Waals surface area (Å²) in [4.78, 5) is 16.6. The van der Waals surface area contributed by atoms with Gasteiger partial charge >= 0.3 is 0 Å². The Morgan fingerprint density at radius 3 is 1.10 bits per heavy atom. The lowest BCUT2D eigenvalue weighted by atomic mass is 10.1. The Morgan fingerprint density at radius 1 is 0.462 bits per heavy atom. The van der Waals surface area contributed by atoms with E-state index in [0.29, 0.717) is 19.1 Å². The third kappa shape index (κ3) is 6.44. The third-order valence-electron chi connectivity index (χ3n) is 7.60. The van der Waals surface area contributed by atoms with E-state index in [9.17, 15) is 4.79 Å². The van der Waals surface area contributed by atoms with Crippen LogP contribution in [-0.2, 0) is 17.6 Å². The molecule has 3 heteroatoms. The van der Waals surface area contributed by atoms with Crippen LogP contribution in [-0.4, -0.2) is 32.0 Å². The number of benzene rings is 5. The Labute approximate surface area is 233 Å². The normalized spacial score (nSPS) is 11.2. The minimum absolute atomic E-state index is 0.227. The van der Waals surface area contributed by atoms with Gasteiger partial charge in [0.15, 0.2) is 8.07 Å². The Balaban J connectivity index is 1.52. The summed E-state index contributed by atoms with van der Waals surface area (Å²) in [7, 11) is -2.66. The average Bonchev–Trinajstić information content (AvgIpc) is 3.02. The van der Waals surface area contributed by atoms with Crippen molar-refractivity contribution in [1.29, 1.82) is 0 Å². The molecule has 5 aromatic carbocycles. The molecule has 2 nitrogen and oxygen atoms in total. The van der Waals surface area contributed by atoms with Gasteiger partial charge in [0.25, 0.3) is 0 Å². The van der Waals surface area contributed by atoms with Crippen LogP contribution in [0.2, 0.25) is 6.04 Å². The molecule has 0 heterocycles. The van der Waals surface area contributed by atoms with E-state index in [2.05, 4.69) is 144 Å². The zero-order chi connectivity index (χ0) is 26.8. The highest BCUT2D eigenvalue weighted by Crippen LogP contribution is 2.16. The topological polar surface area (TPSA) is 20.3 Å². The zero-order valence-corrected chi connectivity index (χ0v) is 23.3. The fourth-order valence-electron chi connectivity index (χ4n) is 5.49. The van der Waals surface area contributed by atoms with Gasteiger partial charge in [0.1, 0.15) is 0 Å². The first-order valence-corrected chi connectivity index (χ1v) is 16.0. The molecule has 1 amide bonds. The molecule has 0 aliphatic carbocycles. The fourth-order valence-corrected chi connectivity index (χ4v) is 10.1. The van der Waals surface area contributed by atoms with Crippen molar-refractivity contribution in [2.24, 2.45) is 0 Å². The predicted octanol–water partition coefficient (Wildman–Crippen LogP) is 5.47. The van der Waals surface area contributed by atoms with E-state index in [4.69, 9.17) is 0 Å². The number of hydrogen-bond acceptors (Lipinski definition) is 1. The minimum atomic E-state index is -2.66. The summed E-state index contributed by atoms with van der Waals surface area (Å²) in [5.41, 5.74) is 2.51. The lowest BCUT2D eigenvalue weighted by Gasteiger charge is -2.35. The molecular formula is C36H35NOSi. The minimum Gasteiger partial charge on any atom is -0.342 e. The number of rotatable bonds is 11. The maximum atomic E-state index is 14.5. The Bertz CT molecular complexity index is 1280. The van der Waals surface area contributed by atoms with E-state index in [1.54, 1.807) is 0 Å². The van der Waals surface area contributed by atoms with Gasteiger partial charge in [-0.25, -0.2) is 0 Å². The Kier molecular flexibility index (Phi) is 8.82. The largest absolute Gasteiger partial charge is 0.342 e. The lowest BCUT2D eigenvalue weighted by Crippen LogP contribution is -2.68. The van der Waals surface area contributed by atoms with Crippen LogP contribution in [0.3, 0.4) is 0 Å². The summed E-state index contributed by atoms with van der Waals surface area (Å²) in [5.74, 6) is 0.227. The molecule has 0 unspecified atom stereocenters. The molecule has 0 aliphatic heterocycles. The number of carbonyl (C=O) groups is 1. The van der Waals surface area contributed by atoms with Gasteiger partial charge in [-0.3, -0.25) is 4.79 Å². The monoisotopic (exact) mass is 525 g/mol. The second-order valence-corrected chi connectivity index (χ2v) is 13.9. The quantitative estimate of drug-likeness (QED) is 0.165. The fraction of sp³-hybridized carbons (Fsp3) is 0.139. The molecule has 0 aliphatic rings. The molecule has 0 atom stereocenters. The van der Waals surface area contributed by atoms with E-state index in [1.807, 2.05) is 12.1 Å². The van der Waals surface area contributed by atoms with Gasteiger partial charge in [0.2, 0.25) is 5.91 Å². The molecule has 0 saturated carbocycles. The van der Waals surface area contributed by atoms with Crippen molar-refractivity contribution in [3.05, 3.63) is 163 Å². The Hall–Kier alpha value is -4.21. The van der Waals surface area contributed by atoms with Crippen molar-refractivity contribution in [3.63, 3.8) is 0 Å². The first-order valence-electron chi connectivity index (χ1n) is 13.8. The Morgan fingerprint density at radius 2 is 0.769 bits per heavy atom. The molecule has 5 rings (SSSR count). The van der Waals surface area contributed by atoms with Crippen molar-refractivity contribution in [1.82, 2.24) is 4.90 Å². The average molecular weight is 526 g/mol. The zero-order valence-electron chi connectivity index (χ0n) is 22.3. The van der Waals surface area contributed by atoms with Crippen molar-refractivity contribution in [3.8, 4) is 0 Å². The first kappa shape index (κ1) is 26.4. The highest BCUT2D eigenvalue weighted by atomic mass is 28.3. The highest BCUT2D eigenvalue weighted by molar-refractivity contribution is 7.12. The second-order valence-electron chi connectivity index (χ2n) is 10.0. The highest BCUT2D eigenvalue weighted by Gasteiger charge is 2.42. The molecule has 0 aromatic heterocycles. The molecule has 0 fully saturated rings. The first-order chi connectivity index (χ1) is 19.3. The van der Waals surface area contributed by atoms with Crippen LogP contribution in [0.25, 0.3) is 0 Å². The van der Waals surface area contributed by atoms with E-state index in [1.165, 1.54) is 26.7 Å². The van der Waals surface area contributed by atoms with Crippen LogP contribution in [0, 0.1) is 0 Å². The number of hydrogen-bond donors (Lipinski definition) is 0. The lowest BCUT2D eigenvalue weighted by molar-refractivity contribution is -0.128. The van der Waals surface area contributed by atoms with Crippen molar-refractivity contribution in [2.75, 3.05) is 13.1 Å². The van der Waals surface area contributed by atoms with Crippen LogP contribution in [0.15, 0.2) is 152 Å². The molecule has 0 spiro atoms. The second kappa shape index (κ2) is 13.0. The van der Waals surface area contributed by atoms with Gasteiger partial charge in [-0.1, -0.05) is 152 Å². The maximum Gasteiger partial charge on any atom is 0.220 e. The van der Waals surface area contributed by atoms with Gasteiger partial charge in [0, 0.05) is 19.1 Å². The van der Waals surface area contributed by atoms with Crippen LogP contribution >= 0.6 is 0 Å². The van der Waals surface area contributed by atoms with Gasteiger partial charge in [-0.2, -0.15) is 0 Å². The summed E-state index contributed by atoms with van der Waals surface area (Å²) in [6.07, 6.45) is 1.69. The van der Waals surface area contributed by atoms with Crippen LogP contribution in [0.4, 0.5) is 0 Å².